The predicted molar refractivity (Wildman–Crippen MR) is 115 cm³/mol. The van der Waals surface area contributed by atoms with Crippen molar-refractivity contribution in [1.29, 1.82) is 0 Å². The standard InChI is InChI=1S/C20H31N5O10/c26-15-33-13-23-7-5-21(11-19(30)31)3-4-22(6-8-24(10-9-23)14-34-16-27)12-20(32)35-25-17(28)1-2-18(25)29/h15-16H,1-14H2,(H,30,31). The zero-order chi connectivity index (χ0) is 25.6. The largest absolute Gasteiger partial charge is 0.480 e. The van der Waals surface area contributed by atoms with Crippen molar-refractivity contribution in [2.45, 2.75) is 12.8 Å². The highest BCUT2D eigenvalue weighted by Gasteiger charge is 2.33. The molecule has 0 aromatic carbocycles. The summed E-state index contributed by atoms with van der Waals surface area (Å²) in [5.74, 6) is -2.96. The molecule has 35 heavy (non-hydrogen) atoms. The lowest BCUT2D eigenvalue weighted by molar-refractivity contribution is -0.198. The fraction of sp³-hybridized carbons (Fsp3) is 0.700. The Morgan fingerprint density at radius 3 is 1.51 bits per heavy atom. The van der Waals surface area contributed by atoms with Gasteiger partial charge in [0.1, 0.15) is 13.5 Å². The first-order valence-electron chi connectivity index (χ1n) is 11.1. The molecule has 2 fully saturated rings. The average molecular weight is 501 g/mol. The molecule has 0 aromatic rings. The lowest BCUT2D eigenvalue weighted by atomic mass is 10.3. The number of carboxylic acid groups (broad SMARTS) is 1. The van der Waals surface area contributed by atoms with Crippen molar-refractivity contribution < 1.29 is 48.2 Å². The van der Waals surface area contributed by atoms with Crippen LogP contribution in [0, 0.1) is 0 Å². The third kappa shape index (κ3) is 10.3. The number of hydrogen-bond donors (Lipinski definition) is 1. The number of carbonyl (C=O) groups excluding carboxylic acids is 5. The van der Waals surface area contributed by atoms with Gasteiger partial charge in [0.05, 0.1) is 13.1 Å². The smallest absolute Gasteiger partial charge is 0.347 e. The molecule has 0 spiro atoms. The quantitative estimate of drug-likeness (QED) is 0.227. The molecule has 0 radical (unpaired) electrons. The first-order chi connectivity index (χ1) is 16.8. The van der Waals surface area contributed by atoms with Gasteiger partial charge in [-0.2, -0.15) is 0 Å². The summed E-state index contributed by atoms with van der Waals surface area (Å²) in [5.41, 5.74) is 0. The van der Waals surface area contributed by atoms with Crippen molar-refractivity contribution in [2.24, 2.45) is 0 Å². The van der Waals surface area contributed by atoms with E-state index in [-0.39, 0.29) is 45.9 Å². The number of nitrogens with zero attached hydrogens (tertiary/aromatic N) is 5. The van der Waals surface area contributed by atoms with Gasteiger partial charge in [-0.25, -0.2) is 4.79 Å². The molecule has 0 aliphatic carbocycles. The van der Waals surface area contributed by atoms with E-state index in [2.05, 4.69) is 0 Å². The first-order valence-corrected chi connectivity index (χ1v) is 11.1. The number of hydroxylamine groups is 2. The minimum absolute atomic E-state index is 0.00604. The highest BCUT2D eigenvalue weighted by molar-refractivity contribution is 6.01. The van der Waals surface area contributed by atoms with E-state index < -0.39 is 23.8 Å². The first kappa shape index (κ1) is 28.1. The number of carbonyl (C=O) groups is 6. The van der Waals surface area contributed by atoms with E-state index in [0.717, 1.165) is 0 Å². The summed E-state index contributed by atoms with van der Waals surface area (Å²) in [6, 6.07) is 0. The highest BCUT2D eigenvalue weighted by atomic mass is 16.7. The second-order valence-electron chi connectivity index (χ2n) is 8.01. The molecule has 0 atom stereocenters. The minimum Gasteiger partial charge on any atom is -0.480 e. The zero-order valence-electron chi connectivity index (χ0n) is 19.4. The molecule has 15 heteroatoms. The molecule has 196 valence electrons. The SMILES string of the molecule is O=COCN1CCN(COC=O)CCN(CC(=O)ON2C(=O)CCC2=O)CCN(CC(=O)O)CC1. The van der Waals surface area contributed by atoms with Gasteiger partial charge in [0, 0.05) is 65.2 Å². The zero-order valence-corrected chi connectivity index (χ0v) is 19.4. The number of aliphatic carboxylic acids is 1. The van der Waals surface area contributed by atoms with Gasteiger partial charge in [-0.15, -0.1) is 5.06 Å². The second kappa shape index (κ2) is 15.0. The molecule has 2 aliphatic heterocycles. The summed E-state index contributed by atoms with van der Waals surface area (Å²) < 4.78 is 9.73. The van der Waals surface area contributed by atoms with E-state index in [4.69, 9.17) is 14.3 Å². The van der Waals surface area contributed by atoms with Gasteiger partial charge in [-0.05, 0) is 0 Å². The van der Waals surface area contributed by atoms with E-state index in [9.17, 15) is 33.9 Å². The van der Waals surface area contributed by atoms with Crippen LogP contribution >= 0.6 is 0 Å². The Labute approximate surface area is 202 Å². The predicted octanol–water partition coefficient (Wildman–Crippen LogP) is -2.84. The van der Waals surface area contributed by atoms with Crippen LogP contribution in [0.15, 0.2) is 0 Å². The molecule has 0 saturated carbocycles. The molecular weight excluding hydrogens is 470 g/mol. The third-order valence-electron chi connectivity index (χ3n) is 5.49. The molecule has 0 unspecified atom stereocenters. The van der Waals surface area contributed by atoms with Crippen LogP contribution in [0.1, 0.15) is 12.8 Å². The van der Waals surface area contributed by atoms with Gasteiger partial charge in [0.25, 0.3) is 24.8 Å². The Morgan fingerprint density at radius 2 is 1.11 bits per heavy atom. The van der Waals surface area contributed by atoms with Crippen LogP contribution in [0.25, 0.3) is 0 Å². The van der Waals surface area contributed by atoms with Crippen LogP contribution in [0.5, 0.6) is 0 Å². The molecule has 15 nitrogen and oxygen atoms in total. The second-order valence-corrected chi connectivity index (χ2v) is 8.01. The fourth-order valence-electron chi connectivity index (χ4n) is 3.59. The number of imide groups is 1. The number of hydrogen-bond acceptors (Lipinski definition) is 13. The van der Waals surface area contributed by atoms with E-state index in [1.807, 2.05) is 9.80 Å². The Hall–Kier alpha value is -3.14. The normalized spacial score (nSPS) is 20.1. The summed E-state index contributed by atoms with van der Waals surface area (Å²) in [4.78, 5) is 80.5. The topological polar surface area (TPSA) is 167 Å². The average Bonchev–Trinajstić information content (AvgIpc) is 3.13. The van der Waals surface area contributed by atoms with Crippen LogP contribution < -0.4 is 0 Å². The lowest BCUT2D eigenvalue weighted by Crippen LogP contribution is -2.48. The van der Waals surface area contributed by atoms with Crippen LogP contribution in [0.2, 0.25) is 0 Å². The highest BCUT2D eigenvalue weighted by Crippen LogP contribution is 2.12. The molecule has 2 amide bonds. The van der Waals surface area contributed by atoms with Crippen LogP contribution in [0.3, 0.4) is 0 Å². The van der Waals surface area contributed by atoms with Crippen LogP contribution in [0.4, 0.5) is 0 Å². The monoisotopic (exact) mass is 501 g/mol. The van der Waals surface area contributed by atoms with E-state index in [1.54, 1.807) is 9.80 Å². The molecular formula is C20H31N5O10. The van der Waals surface area contributed by atoms with E-state index >= 15 is 0 Å². The lowest BCUT2D eigenvalue weighted by Gasteiger charge is -2.32. The Balaban J connectivity index is 2.08. The number of rotatable bonds is 11. The third-order valence-corrected chi connectivity index (χ3v) is 5.49. The van der Waals surface area contributed by atoms with Crippen molar-refractivity contribution in [3.8, 4) is 0 Å². The van der Waals surface area contributed by atoms with Gasteiger partial charge in [0.2, 0.25) is 0 Å². The van der Waals surface area contributed by atoms with Gasteiger partial charge in [-0.1, -0.05) is 0 Å². The van der Waals surface area contributed by atoms with Crippen molar-refractivity contribution in [3.63, 3.8) is 0 Å². The maximum atomic E-state index is 12.4. The summed E-state index contributed by atoms with van der Waals surface area (Å²) in [6.45, 7) is 3.16. The van der Waals surface area contributed by atoms with E-state index in [0.29, 0.717) is 63.8 Å². The fourth-order valence-corrected chi connectivity index (χ4v) is 3.59. The molecule has 2 rings (SSSR count). The van der Waals surface area contributed by atoms with Gasteiger partial charge in [-0.3, -0.25) is 43.6 Å². The molecule has 2 saturated heterocycles. The van der Waals surface area contributed by atoms with E-state index in [1.165, 1.54) is 0 Å². The van der Waals surface area contributed by atoms with Gasteiger partial charge in [0.15, 0.2) is 0 Å². The number of ether oxygens (including phenoxy) is 2. The van der Waals surface area contributed by atoms with Crippen molar-refractivity contribution in [3.05, 3.63) is 0 Å². The maximum absolute atomic E-state index is 12.4. The van der Waals surface area contributed by atoms with Crippen molar-refractivity contribution in [1.82, 2.24) is 24.7 Å². The Bertz CT molecular complexity index is 751. The van der Waals surface area contributed by atoms with Crippen molar-refractivity contribution in [2.75, 3.05) is 78.9 Å². The summed E-state index contributed by atoms with van der Waals surface area (Å²) in [7, 11) is 0. The van der Waals surface area contributed by atoms with Crippen LogP contribution in [-0.2, 0) is 43.1 Å². The number of amides is 2. The van der Waals surface area contributed by atoms with Crippen molar-refractivity contribution >= 4 is 36.7 Å². The molecule has 2 heterocycles. The summed E-state index contributed by atoms with van der Waals surface area (Å²) in [6.07, 6.45) is -0.0266. The molecule has 0 aromatic heterocycles. The van der Waals surface area contributed by atoms with Crippen LogP contribution in [-0.4, -0.2) is 145 Å². The molecule has 1 N–H and O–H groups in total. The Kier molecular flexibility index (Phi) is 12.0. The minimum atomic E-state index is -1.01. The molecule has 0 bridgehead atoms. The van der Waals surface area contributed by atoms with Gasteiger partial charge < -0.3 is 19.4 Å². The summed E-state index contributed by atoms with van der Waals surface area (Å²) in [5, 5.41) is 9.75. The maximum Gasteiger partial charge on any atom is 0.347 e. The number of carboxylic acids is 1. The van der Waals surface area contributed by atoms with Gasteiger partial charge >= 0.3 is 11.9 Å². The summed E-state index contributed by atoms with van der Waals surface area (Å²) >= 11 is 0. The molecule has 2 aliphatic rings. The Morgan fingerprint density at radius 1 is 0.714 bits per heavy atom.